The van der Waals surface area contributed by atoms with E-state index < -0.39 is 0 Å². The van der Waals surface area contributed by atoms with Gasteiger partial charge >= 0.3 is 0 Å². The molecule has 0 aliphatic carbocycles. The lowest BCUT2D eigenvalue weighted by Crippen LogP contribution is -2.23. The summed E-state index contributed by atoms with van der Waals surface area (Å²) in [6, 6.07) is 13.6. The first kappa shape index (κ1) is 16.7. The van der Waals surface area contributed by atoms with Crippen molar-refractivity contribution in [3.63, 3.8) is 0 Å². The van der Waals surface area contributed by atoms with Crippen LogP contribution in [0.2, 0.25) is 0 Å². The van der Waals surface area contributed by atoms with Gasteiger partial charge in [0.05, 0.1) is 19.0 Å². The van der Waals surface area contributed by atoms with Crippen molar-refractivity contribution in [2.45, 2.75) is 20.4 Å². The summed E-state index contributed by atoms with van der Waals surface area (Å²) < 4.78 is 6.89. The minimum Gasteiger partial charge on any atom is -0.496 e. The van der Waals surface area contributed by atoms with Gasteiger partial charge < -0.3 is 10.1 Å². The predicted molar refractivity (Wildman–Crippen MR) is 95.0 cm³/mol. The van der Waals surface area contributed by atoms with Crippen LogP contribution in [-0.4, -0.2) is 28.0 Å². The Morgan fingerprint density at radius 2 is 1.88 bits per heavy atom. The second-order valence-corrected chi connectivity index (χ2v) is 5.89. The Morgan fingerprint density at radius 3 is 2.60 bits per heavy atom. The fourth-order valence-corrected chi connectivity index (χ4v) is 2.69. The van der Waals surface area contributed by atoms with Crippen molar-refractivity contribution in [1.29, 1.82) is 0 Å². The molecule has 0 saturated carbocycles. The largest absolute Gasteiger partial charge is 0.496 e. The Morgan fingerprint density at radius 1 is 1.16 bits per heavy atom. The number of carbonyl (C=O) groups is 1. The van der Waals surface area contributed by atoms with E-state index in [0.29, 0.717) is 6.54 Å². The molecule has 0 fully saturated rings. The number of aromatic nitrogens is 3. The molecule has 0 aliphatic rings. The highest BCUT2D eigenvalue weighted by atomic mass is 16.5. The number of nitrogens with one attached hydrogen (secondary N) is 1. The molecule has 0 bridgehead atoms. The van der Waals surface area contributed by atoms with Crippen LogP contribution in [0.4, 0.5) is 0 Å². The minimum absolute atomic E-state index is 0.272. The number of aryl methyl sites for hydroxylation is 2. The number of methoxy groups -OCH3 is 1. The number of hydrogen-bond donors (Lipinski definition) is 1. The van der Waals surface area contributed by atoms with Crippen LogP contribution in [0.15, 0.2) is 48.7 Å². The van der Waals surface area contributed by atoms with Crippen LogP contribution in [0.25, 0.3) is 5.69 Å². The number of amides is 1. The third kappa shape index (κ3) is 3.85. The van der Waals surface area contributed by atoms with Crippen LogP contribution < -0.4 is 10.1 Å². The maximum absolute atomic E-state index is 12.3. The summed E-state index contributed by atoms with van der Waals surface area (Å²) in [5, 5.41) is 10.9. The fourth-order valence-electron chi connectivity index (χ4n) is 2.69. The van der Waals surface area contributed by atoms with Gasteiger partial charge in [0.15, 0.2) is 5.69 Å². The molecule has 1 N–H and O–H groups in total. The van der Waals surface area contributed by atoms with Gasteiger partial charge in [-0.3, -0.25) is 4.79 Å². The highest BCUT2D eigenvalue weighted by Crippen LogP contribution is 2.17. The van der Waals surface area contributed by atoms with Crippen molar-refractivity contribution in [2.24, 2.45) is 0 Å². The van der Waals surface area contributed by atoms with Gasteiger partial charge in [0, 0.05) is 12.1 Å². The van der Waals surface area contributed by atoms with Crippen molar-refractivity contribution in [2.75, 3.05) is 7.11 Å². The molecular formula is C19H20N4O2. The lowest BCUT2D eigenvalue weighted by atomic mass is 10.1. The van der Waals surface area contributed by atoms with Crippen molar-refractivity contribution >= 4 is 5.91 Å². The van der Waals surface area contributed by atoms with E-state index >= 15 is 0 Å². The van der Waals surface area contributed by atoms with Crippen molar-refractivity contribution in [3.05, 3.63) is 71.0 Å². The highest BCUT2D eigenvalue weighted by Gasteiger charge is 2.12. The highest BCUT2D eigenvalue weighted by molar-refractivity contribution is 5.91. The van der Waals surface area contributed by atoms with Crippen LogP contribution in [0.3, 0.4) is 0 Å². The number of rotatable bonds is 5. The number of ether oxygens (including phenoxy) is 1. The second-order valence-electron chi connectivity index (χ2n) is 5.89. The molecule has 0 spiro atoms. The summed E-state index contributed by atoms with van der Waals surface area (Å²) >= 11 is 0. The first-order chi connectivity index (χ1) is 12.1. The SMILES string of the molecule is COc1ccccc1CNC(=O)c1cn(-c2cc(C)cc(C)c2)nn1. The summed E-state index contributed by atoms with van der Waals surface area (Å²) in [5.41, 5.74) is 4.32. The molecule has 0 saturated heterocycles. The Hall–Kier alpha value is -3.15. The summed E-state index contributed by atoms with van der Waals surface area (Å²) in [6.07, 6.45) is 1.63. The molecule has 1 heterocycles. The molecule has 1 amide bonds. The van der Waals surface area contributed by atoms with Crippen LogP contribution in [0.5, 0.6) is 5.75 Å². The normalized spacial score (nSPS) is 10.5. The third-order valence-corrected chi connectivity index (χ3v) is 3.83. The Kier molecular flexibility index (Phi) is 4.79. The Labute approximate surface area is 146 Å². The predicted octanol–water partition coefficient (Wildman–Crippen LogP) is 2.82. The average molecular weight is 336 g/mol. The molecule has 25 heavy (non-hydrogen) atoms. The molecule has 3 aromatic rings. The van der Waals surface area contributed by atoms with Gasteiger partial charge in [0.2, 0.25) is 0 Å². The van der Waals surface area contributed by atoms with E-state index in [9.17, 15) is 4.79 Å². The summed E-state index contributed by atoms with van der Waals surface area (Å²) in [6.45, 7) is 4.40. The molecule has 6 heteroatoms. The maximum atomic E-state index is 12.3. The number of hydrogen-bond acceptors (Lipinski definition) is 4. The van der Waals surface area contributed by atoms with E-state index in [1.165, 1.54) is 0 Å². The summed E-state index contributed by atoms with van der Waals surface area (Å²) in [5.74, 6) is 0.461. The molecular weight excluding hydrogens is 316 g/mol. The molecule has 0 unspecified atom stereocenters. The van der Waals surface area contributed by atoms with Crippen LogP contribution >= 0.6 is 0 Å². The molecule has 128 valence electrons. The lowest BCUT2D eigenvalue weighted by molar-refractivity contribution is 0.0945. The van der Waals surface area contributed by atoms with Crippen LogP contribution in [0.1, 0.15) is 27.2 Å². The van der Waals surface area contributed by atoms with Crippen LogP contribution in [-0.2, 0) is 6.54 Å². The first-order valence-corrected chi connectivity index (χ1v) is 7.98. The van der Waals surface area contributed by atoms with Gasteiger partial charge in [-0.1, -0.05) is 29.5 Å². The van der Waals surface area contributed by atoms with Gasteiger partial charge in [-0.05, 0) is 43.2 Å². The van der Waals surface area contributed by atoms with Gasteiger partial charge in [0.25, 0.3) is 5.91 Å². The third-order valence-electron chi connectivity index (χ3n) is 3.83. The maximum Gasteiger partial charge on any atom is 0.273 e. The van der Waals surface area contributed by atoms with Gasteiger partial charge in [-0.25, -0.2) is 4.68 Å². The van der Waals surface area contributed by atoms with Crippen molar-refractivity contribution < 1.29 is 9.53 Å². The van der Waals surface area contributed by atoms with E-state index in [1.54, 1.807) is 18.0 Å². The summed E-state index contributed by atoms with van der Waals surface area (Å²) in [4.78, 5) is 12.3. The van der Waals surface area contributed by atoms with Crippen molar-refractivity contribution in [1.82, 2.24) is 20.3 Å². The zero-order valence-corrected chi connectivity index (χ0v) is 14.5. The number of benzene rings is 2. The lowest BCUT2D eigenvalue weighted by Gasteiger charge is -2.08. The van der Waals surface area contributed by atoms with Crippen molar-refractivity contribution in [3.8, 4) is 11.4 Å². The average Bonchev–Trinajstić information content (AvgIpc) is 3.09. The Bertz CT molecular complexity index is 882. The zero-order valence-electron chi connectivity index (χ0n) is 14.5. The molecule has 6 nitrogen and oxygen atoms in total. The molecule has 0 radical (unpaired) electrons. The van der Waals surface area contributed by atoms with E-state index in [1.807, 2.05) is 50.2 Å². The smallest absolute Gasteiger partial charge is 0.273 e. The molecule has 3 rings (SSSR count). The molecule has 0 aliphatic heterocycles. The summed E-state index contributed by atoms with van der Waals surface area (Å²) in [7, 11) is 1.61. The molecule has 2 aromatic carbocycles. The van der Waals surface area contributed by atoms with E-state index in [2.05, 4.69) is 21.7 Å². The topological polar surface area (TPSA) is 69.0 Å². The van der Waals surface area contributed by atoms with Crippen LogP contribution in [0, 0.1) is 13.8 Å². The van der Waals surface area contributed by atoms with Gasteiger partial charge in [0.1, 0.15) is 5.75 Å². The van der Waals surface area contributed by atoms with E-state index in [4.69, 9.17) is 4.74 Å². The van der Waals surface area contributed by atoms with Gasteiger partial charge in [-0.15, -0.1) is 5.10 Å². The monoisotopic (exact) mass is 336 g/mol. The second kappa shape index (κ2) is 7.17. The van der Waals surface area contributed by atoms with Gasteiger partial charge in [-0.2, -0.15) is 0 Å². The van der Waals surface area contributed by atoms with E-state index in [0.717, 1.165) is 28.1 Å². The molecule has 1 aromatic heterocycles. The molecule has 0 atom stereocenters. The number of nitrogens with zero attached hydrogens (tertiary/aromatic N) is 3. The quantitative estimate of drug-likeness (QED) is 0.778. The number of para-hydroxylation sites is 1. The minimum atomic E-state index is -0.276. The number of carbonyl (C=O) groups excluding carboxylic acids is 1. The fraction of sp³-hybridized carbons (Fsp3) is 0.211. The van der Waals surface area contributed by atoms with E-state index in [-0.39, 0.29) is 11.6 Å². The zero-order chi connectivity index (χ0) is 17.8. The Balaban J connectivity index is 1.72. The first-order valence-electron chi connectivity index (χ1n) is 7.98. The standard InChI is InChI=1S/C19H20N4O2/c1-13-8-14(2)10-16(9-13)23-12-17(21-22-23)19(24)20-11-15-6-4-5-7-18(15)25-3/h4-10,12H,11H2,1-3H3,(H,20,24).